The Morgan fingerprint density at radius 3 is 2.13 bits per heavy atom. The van der Waals surface area contributed by atoms with Crippen molar-refractivity contribution in [3.05, 3.63) is 36.0 Å². The minimum absolute atomic E-state index is 0.0975. The van der Waals surface area contributed by atoms with Gasteiger partial charge >= 0.3 is 5.97 Å². The van der Waals surface area contributed by atoms with Gasteiger partial charge in [0, 0.05) is 23.5 Å². The zero-order valence-corrected chi connectivity index (χ0v) is 21.2. The van der Waals surface area contributed by atoms with E-state index in [1.54, 1.807) is 6.20 Å². The summed E-state index contributed by atoms with van der Waals surface area (Å²) >= 11 is 0. The van der Waals surface area contributed by atoms with Crippen LogP contribution in [0.25, 0.3) is 10.9 Å². The van der Waals surface area contributed by atoms with Gasteiger partial charge in [-0.25, -0.2) is 4.79 Å². The molecule has 0 saturated carbocycles. The van der Waals surface area contributed by atoms with Gasteiger partial charge in [-0.3, -0.25) is 24.0 Å². The summed E-state index contributed by atoms with van der Waals surface area (Å²) in [7, 11) is 0. The van der Waals surface area contributed by atoms with E-state index in [1.807, 2.05) is 24.3 Å². The number of aromatic amines is 1. The molecule has 5 unspecified atom stereocenters. The number of fused-ring (bicyclic) bond motifs is 1. The predicted molar refractivity (Wildman–Crippen MR) is 137 cm³/mol. The highest BCUT2D eigenvalue weighted by atomic mass is 16.4. The molecule has 12 N–H and O–H groups in total. The number of nitrogens with one attached hydrogen (secondary N) is 4. The number of nitrogens with two attached hydrogens (primary N) is 3. The van der Waals surface area contributed by atoms with Gasteiger partial charge in [0.15, 0.2) is 6.04 Å². The Labute approximate surface area is 222 Å². The molecule has 2 rings (SSSR count). The fourth-order valence-electron chi connectivity index (χ4n) is 3.79. The van der Waals surface area contributed by atoms with Crippen LogP contribution in [0, 0.1) is 0 Å². The Bertz CT molecular complexity index is 1230. The zero-order valence-electron chi connectivity index (χ0n) is 21.2. The Balaban J connectivity index is 2.16. The van der Waals surface area contributed by atoms with Crippen molar-refractivity contribution < 1.29 is 39.0 Å². The SMILES string of the molecule is CC(O)C(NC(=O)C(CCC(N)=O)NC(=O)C(CC(N)=O)NC(=O)C(N)Cc1c[nH]c2ccccc12)C(=O)O. The zero-order chi connectivity index (χ0) is 29.3. The molecule has 15 heteroatoms. The second kappa shape index (κ2) is 13.9. The van der Waals surface area contributed by atoms with Crippen molar-refractivity contribution in [1.29, 1.82) is 0 Å². The molecule has 0 bridgehead atoms. The lowest BCUT2D eigenvalue weighted by Gasteiger charge is -2.25. The van der Waals surface area contributed by atoms with Crippen molar-refractivity contribution in [3.8, 4) is 0 Å². The van der Waals surface area contributed by atoms with E-state index in [0.29, 0.717) is 0 Å². The van der Waals surface area contributed by atoms with Crippen LogP contribution in [0.5, 0.6) is 0 Å². The van der Waals surface area contributed by atoms with Crippen LogP contribution >= 0.6 is 0 Å². The van der Waals surface area contributed by atoms with E-state index in [2.05, 4.69) is 20.9 Å². The Hall–Kier alpha value is -4.50. The van der Waals surface area contributed by atoms with Gasteiger partial charge in [0.05, 0.1) is 18.6 Å². The first kappa shape index (κ1) is 30.7. The molecule has 39 heavy (non-hydrogen) atoms. The smallest absolute Gasteiger partial charge is 0.328 e. The molecular formula is C24H33N7O8. The van der Waals surface area contributed by atoms with Crippen LogP contribution in [0.4, 0.5) is 0 Å². The molecule has 15 nitrogen and oxygen atoms in total. The molecule has 1 heterocycles. The molecule has 1 aromatic heterocycles. The summed E-state index contributed by atoms with van der Waals surface area (Å²) in [5.74, 6) is -6.13. The fraction of sp³-hybridized carbons (Fsp3) is 0.417. The molecule has 0 aliphatic carbocycles. The summed E-state index contributed by atoms with van der Waals surface area (Å²) in [6.45, 7) is 1.13. The Morgan fingerprint density at radius 1 is 0.923 bits per heavy atom. The second-order valence-electron chi connectivity index (χ2n) is 9.03. The van der Waals surface area contributed by atoms with E-state index >= 15 is 0 Å². The first-order valence-corrected chi connectivity index (χ1v) is 12.0. The molecule has 0 fully saturated rings. The topological polar surface area (TPSA) is 273 Å². The monoisotopic (exact) mass is 547 g/mol. The van der Waals surface area contributed by atoms with Crippen molar-refractivity contribution in [2.45, 2.75) is 62.9 Å². The third kappa shape index (κ3) is 9.08. The van der Waals surface area contributed by atoms with Gasteiger partial charge in [-0.15, -0.1) is 0 Å². The number of hydrogen-bond acceptors (Lipinski definition) is 8. The van der Waals surface area contributed by atoms with Gasteiger partial charge < -0.3 is 48.3 Å². The van der Waals surface area contributed by atoms with Crippen LogP contribution < -0.4 is 33.2 Å². The van der Waals surface area contributed by atoms with E-state index in [9.17, 15) is 39.0 Å². The second-order valence-corrected chi connectivity index (χ2v) is 9.03. The molecule has 0 aliphatic rings. The number of H-pyrrole nitrogens is 1. The van der Waals surface area contributed by atoms with Crippen LogP contribution in [0.15, 0.2) is 30.5 Å². The molecule has 2 aromatic rings. The maximum absolute atomic E-state index is 13.0. The lowest BCUT2D eigenvalue weighted by Crippen LogP contribution is -2.59. The average molecular weight is 548 g/mol. The number of para-hydroxylation sites is 1. The standard InChI is InChI=1S/C24H33N7O8/c1-11(32)20(24(38)39)31-22(36)16(6-7-18(26)33)29-23(37)17(9-19(27)34)30-21(35)14(25)8-12-10-28-15-5-3-2-4-13(12)15/h2-5,10-11,14,16-17,20,28,32H,6-9,25H2,1H3,(H2,26,33)(H2,27,34)(H,29,37)(H,30,35)(H,31,36)(H,38,39). The number of carboxylic acid groups (broad SMARTS) is 1. The van der Waals surface area contributed by atoms with Crippen LogP contribution in [0.1, 0.15) is 31.7 Å². The number of carboxylic acids is 1. The number of carbonyl (C=O) groups excluding carboxylic acids is 5. The van der Waals surface area contributed by atoms with Gasteiger partial charge in [-0.1, -0.05) is 18.2 Å². The number of carbonyl (C=O) groups is 6. The highest BCUT2D eigenvalue weighted by Crippen LogP contribution is 2.18. The Kier molecular flexibility index (Phi) is 10.9. The normalized spacial score (nSPS) is 14.8. The molecular weight excluding hydrogens is 514 g/mol. The average Bonchev–Trinajstić information content (AvgIpc) is 3.26. The van der Waals surface area contributed by atoms with E-state index in [0.717, 1.165) is 23.4 Å². The van der Waals surface area contributed by atoms with Crippen LogP contribution in [-0.2, 0) is 35.2 Å². The predicted octanol–water partition coefficient (Wildman–Crippen LogP) is -2.90. The van der Waals surface area contributed by atoms with Crippen molar-refractivity contribution >= 4 is 46.4 Å². The number of aliphatic carboxylic acids is 1. The summed E-state index contributed by atoms with van der Waals surface area (Å²) in [4.78, 5) is 75.8. The summed E-state index contributed by atoms with van der Waals surface area (Å²) in [5.41, 5.74) is 18.0. The maximum Gasteiger partial charge on any atom is 0.328 e. The molecule has 5 atom stereocenters. The first-order valence-electron chi connectivity index (χ1n) is 12.0. The van der Waals surface area contributed by atoms with Gasteiger partial charge in [0.1, 0.15) is 12.1 Å². The minimum Gasteiger partial charge on any atom is -0.480 e. The van der Waals surface area contributed by atoms with Crippen molar-refractivity contribution in [1.82, 2.24) is 20.9 Å². The van der Waals surface area contributed by atoms with Crippen molar-refractivity contribution in [3.63, 3.8) is 0 Å². The molecule has 0 saturated heterocycles. The summed E-state index contributed by atoms with van der Waals surface area (Å²) in [5, 5.41) is 26.4. The molecule has 1 aromatic carbocycles. The third-order valence-electron chi connectivity index (χ3n) is 5.85. The fourth-order valence-corrected chi connectivity index (χ4v) is 3.79. The third-order valence-corrected chi connectivity index (χ3v) is 5.85. The van der Waals surface area contributed by atoms with Crippen LogP contribution in [0.3, 0.4) is 0 Å². The first-order chi connectivity index (χ1) is 18.3. The largest absolute Gasteiger partial charge is 0.480 e. The van der Waals surface area contributed by atoms with Crippen molar-refractivity contribution in [2.75, 3.05) is 0 Å². The molecule has 212 valence electrons. The number of hydrogen-bond donors (Lipinski definition) is 9. The molecule has 0 spiro atoms. The maximum atomic E-state index is 13.0. The number of amides is 5. The lowest BCUT2D eigenvalue weighted by atomic mass is 10.0. The number of benzene rings is 1. The van der Waals surface area contributed by atoms with Crippen molar-refractivity contribution in [2.24, 2.45) is 17.2 Å². The molecule has 0 radical (unpaired) electrons. The highest BCUT2D eigenvalue weighted by Gasteiger charge is 2.32. The van der Waals surface area contributed by atoms with E-state index in [1.165, 1.54) is 0 Å². The summed E-state index contributed by atoms with van der Waals surface area (Å²) in [6, 6.07) is 1.48. The van der Waals surface area contributed by atoms with Gasteiger partial charge in [-0.05, 0) is 31.4 Å². The summed E-state index contributed by atoms with van der Waals surface area (Å²) < 4.78 is 0. The quantitative estimate of drug-likeness (QED) is 0.110. The van der Waals surface area contributed by atoms with E-state index in [4.69, 9.17) is 17.2 Å². The van der Waals surface area contributed by atoms with Crippen LogP contribution in [-0.4, -0.2) is 81.0 Å². The Morgan fingerprint density at radius 2 is 1.54 bits per heavy atom. The summed E-state index contributed by atoms with van der Waals surface area (Å²) in [6.07, 6.45) is -1.04. The van der Waals surface area contributed by atoms with E-state index in [-0.39, 0.29) is 19.3 Å². The van der Waals surface area contributed by atoms with E-state index < -0.39 is 72.2 Å². The molecule has 5 amide bonds. The van der Waals surface area contributed by atoms with Crippen LogP contribution in [0.2, 0.25) is 0 Å². The number of primary amides is 2. The minimum atomic E-state index is -1.71. The van der Waals surface area contributed by atoms with Gasteiger partial charge in [0.2, 0.25) is 29.5 Å². The number of rotatable bonds is 15. The number of aliphatic hydroxyl groups is 1. The lowest BCUT2D eigenvalue weighted by molar-refractivity contribution is -0.145. The molecule has 0 aliphatic heterocycles. The number of aliphatic hydroxyl groups excluding tert-OH is 1. The highest BCUT2D eigenvalue weighted by molar-refractivity contribution is 5.96. The van der Waals surface area contributed by atoms with Gasteiger partial charge in [-0.2, -0.15) is 0 Å². The number of aromatic nitrogens is 1. The van der Waals surface area contributed by atoms with Gasteiger partial charge in [0.25, 0.3) is 0 Å².